The molecule has 0 radical (unpaired) electrons. The molecule has 1 aliphatic rings. The number of hydrogen-bond donors (Lipinski definition) is 1. The molecule has 0 bridgehead atoms. The quantitative estimate of drug-likeness (QED) is 0.583. The van der Waals surface area contributed by atoms with Gasteiger partial charge in [-0.15, -0.1) is 11.3 Å². The number of carbonyl (C=O) groups excluding carboxylic acids is 2. The summed E-state index contributed by atoms with van der Waals surface area (Å²) in [7, 11) is -2.55. The summed E-state index contributed by atoms with van der Waals surface area (Å²) in [6.07, 6.45) is 1.97. The fourth-order valence-corrected chi connectivity index (χ4v) is 4.65. The second-order valence-corrected chi connectivity index (χ2v) is 7.49. The highest BCUT2D eigenvalue weighted by Gasteiger charge is 2.24. The van der Waals surface area contributed by atoms with Crippen LogP contribution in [0, 0.1) is 0 Å². The average molecular weight is 346 g/mol. The molecular formula is C13H18N2O5S2. The first-order valence-electron chi connectivity index (χ1n) is 6.89. The summed E-state index contributed by atoms with van der Waals surface area (Å²) in [5.74, 6) is -0.549. The van der Waals surface area contributed by atoms with Crippen molar-refractivity contribution in [2.24, 2.45) is 0 Å². The van der Waals surface area contributed by atoms with Crippen molar-refractivity contribution < 1.29 is 22.7 Å². The lowest BCUT2D eigenvalue weighted by Gasteiger charge is -2.15. The van der Waals surface area contributed by atoms with Crippen molar-refractivity contribution in [2.45, 2.75) is 24.2 Å². The molecule has 2 rings (SSSR count). The SMILES string of the molecule is COC(=O)c1sccc1S(=O)(=O)NCCCN1CCCC1=O. The zero-order chi connectivity index (χ0) is 16.2. The third kappa shape index (κ3) is 3.84. The maximum Gasteiger partial charge on any atom is 0.349 e. The van der Waals surface area contributed by atoms with Crippen LogP contribution in [0.25, 0.3) is 0 Å². The zero-order valence-electron chi connectivity index (χ0n) is 12.2. The maximum absolute atomic E-state index is 12.2. The molecule has 1 amide bonds. The summed E-state index contributed by atoms with van der Waals surface area (Å²) in [5, 5.41) is 1.53. The lowest BCUT2D eigenvalue weighted by Crippen LogP contribution is -2.31. The molecule has 1 fully saturated rings. The van der Waals surface area contributed by atoms with E-state index in [9.17, 15) is 18.0 Å². The molecule has 2 heterocycles. The molecule has 1 aliphatic heterocycles. The van der Waals surface area contributed by atoms with E-state index in [1.165, 1.54) is 18.6 Å². The van der Waals surface area contributed by atoms with Crippen molar-refractivity contribution in [1.29, 1.82) is 0 Å². The fraction of sp³-hybridized carbons (Fsp3) is 0.538. The number of rotatable bonds is 7. The molecule has 0 spiro atoms. The first kappa shape index (κ1) is 16.9. The van der Waals surface area contributed by atoms with Crippen LogP contribution >= 0.6 is 11.3 Å². The normalized spacial score (nSPS) is 15.3. The van der Waals surface area contributed by atoms with Crippen molar-refractivity contribution in [2.75, 3.05) is 26.7 Å². The van der Waals surface area contributed by atoms with Gasteiger partial charge in [-0.05, 0) is 24.3 Å². The zero-order valence-corrected chi connectivity index (χ0v) is 13.8. The molecule has 0 aliphatic carbocycles. The van der Waals surface area contributed by atoms with E-state index < -0.39 is 16.0 Å². The van der Waals surface area contributed by atoms with E-state index >= 15 is 0 Å². The van der Waals surface area contributed by atoms with Gasteiger partial charge in [0.25, 0.3) is 0 Å². The van der Waals surface area contributed by atoms with E-state index in [1.807, 2.05) is 0 Å². The van der Waals surface area contributed by atoms with Crippen LogP contribution in [0.3, 0.4) is 0 Å². The topological polar surface area (TPSA) is 92.8 Å². The van der Waals surface area contributed by atoms with Gasteiger partial charge >= 0.3 is 5.97 Å². The van der Waals surface area contributed by atoms with Gasteiger partial charge in [0.15, 0.2) is 0 Å². The highest BCUT2D eigenvalue weighted by atomic mass is 32.2. The van der Waals surface area contributed by atoms with E-state index in [0.29, 0.717) is 19.4 Å². The van der Waals surface area contributed by atoms with Crippen molar-refractivity contribution in [3.05, 3.63) is 16.3 Å². The van der Waals surface area contributed by atoms with Gasteiger partial charge in [-0.1, -0.05) is 0 Å². The molecule has 1 aromatic rings. The van der Waals surface area contributed by atoms with Crippen molar-refractivity contribution >= 4 is 33.2 Å². The number of thiophene rings is 1. The lowest BCUT2D eigenvalue weighted by atomic mass is 10.4. The molecular weight excluding hydrogens is 328 g/mol. The van der Waals surface area contributed by atoms with Crippen LogP contribution in [0.1, 0.15) is 28.9 Å². The Morgan fingerprint density at radius 2 is 2.27 bits per heavy atom. The first-order chi connectivity index (χ1) is 10.5. The first-order valence-corrected chi connectivity index (χ1v) is 9.25. The molecule has 1 aromatic heterocycles. The third-order valence-electron chi connectivity index (χ3n) is 3.36. The van der Waals surface area contributed by atoms with E-state index in [-0.39, 0.29) is 22.2 Å². The Bertz CT molecular complexity index is 653. The number of nitrogens with zero attached hydrogens (tertiary/aromatic N) is 1. The smallest absolute Gasteiger partial charge is 0.349 e. The molecule has 0 unspecified atom stereocenters. The Hall–Kier alpha value is -1.45. The van der Waals surface area contributed by atoms with E-state index in [2.05, 4.69) is 9.46 Å². The number of methoxy groups -OCH3 is 1. The molecule has 1 N–H and O–H groups in total. The van der Waals surface area contributed by atoms with Gasteiger partial charge in [-0.2, -0.15) is 0 Å². The maximum atomic E-state index is 12.2. The molecule has 122 valence electrons. The summed E-state index contributed by atoms with van der Waals surface area (Å²) in [4.78, 5) is 24.7. The van der Waals surface area contributed by atoms with Crippen molar-refractivity contribution in [3.63, 3.8) is 0 Å². The highest BCUT2D eigenvalue weighted by molar-refractivity contribution is 7.89. The minimum atomic E-state index is -3.76. The molecule has 9 heteroatoms. The Morgan fingerprint density at radius 1 is 1.50 bits per heavy atom. The molecule has 0 aromatic carbocycles. The van der Waals surface area contributed by atoms with Crippen LogP contribution in [-0.4, -0.2) is 51.9 Å². The summed E-state index contributed by atoms with van der Waals surface area (Å²) in [5.41, 5.74) is 0. The second kappa shape index (κ2) is 7.21. The molecule has 7 nitrogen and oxygen atoms in total. The van der Waals surface area contributed by atoms with Gasteiger partial charge in [-0.25, -0.2) is 17.9 Å². The number of esters is 1. The van der Waals surface area contributed by atoms with Crippen molar-refractivity contribution in [3.8, 4) is 0 Å². The monoisotopic (exact) mass is 346 g/mol. The van der Waals surface area contributed by atoms with Gasteiger partial charge in [0.2, 0.25) is 15.9 Å². The third-order valence-corrected chi connectivity index (χ3v) is 5.88. The van der Waals surface area contributed by atoms with Crippen molar-refractivity contribution in [1.82, 2.24) is 9.62 Å². The standard InChI is InChI=1S/C13H18N2O5S2/c1-20-13(17)12-10(5-9-21-12)22(18,19)14-6-3-8-15-7-2-4-11(15)16/h5,9,14H,2-4,6-8H2,1H3. The van der Waals surface area contributed by atoms with E-state index in [4.69, 9.17) is 0 Å². The number of hydrogen-bond acceptors (Lipinski definition) is 6. The Balaban J connectivity index is 1.90. The number of sulfonamides is 1. The number of likely N-dealkylation sites (tertiary alicyclic amines) is 1. The van der Waals surface area contributed by atoms with Gasteiger partial charge in [0.05, 0.1) is 7.11 Å². The van der Waals surface area contributed by atoms with Crippen LogP contribution < -0.4 is 4.72 Å². The van der Waals surface area contributed by atoms with Crippen LogP contribution in [-0.2, 0) is 19.6 Å². The number of amides is 1. The van der Waals surface area contributed by atoms with Crippen LogP contribution in [0.4, 0.5) is 0 Å². The average Bonchev–Trinajstić information content (AvgIpc) is 3.12. The number of nitrogens with one attached hydrogen (secondary N) is 1. The van der Waals surface area contributed by atoms with Crippen LogP contribution in [0.2, 0.25) is 0 Å². The fourth-order valence-electron chi connectivity index (χ4n) is 2.25. The van der Waals surface area contributed by atoms with Crippen LogP contribution in [0.15, 0.2) is 16.3 Å². The van der Waals surface area contributed by atoms with Gasteiger partial charge < -0.3 is 9.64 Å². The van der Waals surface area contributed by atoms with Gasteiger partial charge in [0.1, 0.15) is 9.77 Å². The minimum Gasteiger partial charge on any atom is -0.465 e. The molecule has 0 atom stereocenters. The molecule has 0 saturated carbocycles. The summed E-state index contributed by atoms with van der Waals surface area (Å²) in [6.45, 7) is 1.49. The lowest BCUT2D eigenvalue weighted by molar-refractivity contribution is -0.127. The summed E-state index contributed by atoms with van der Waals surface area (Å²) < 4.78 is 31.4. The predicted octanol–water partition coefficient (Wildman–Crippen LogP) is 0.825. The number of carbonyl (C=O) groups is 2. The molecule has 22 heavy (non-hydrogen) atoms. The Labute approximate surface area is 133 Å². The molecule has 1 saturated heterocycles. The minimum absolute atomic E-state index is 0.0599. The highest BCUT2D eigenvalue weighted by Crippen LogP contribution is 2.22. The summed E-state index contributed by atoms with van der Waals surface area (Å²) >= 11 is 1.02. The summed E-state index contributed by atoms with van der Waals surface area (Å²) in [6, 6.07) is 1.38. The number of ether oxygens (including phenoxy) is 1. The van der Waals surface area contributed by atoms with E-state index in [0.717, 1.165) is 24.3 Å². The van der Waals surface area contributed by atoms with Crippen LogP contribution in [0.5, 0.6) is 0 Å². The second-order valence-electron chi connectivity index (χ2n) is 4.84. The van der Waals surface area contributed by atoms with Gasteiger partial charge in [-0.3, -0.25) is 4.79 Å². The Morgan fingerprint density at radius 3 is 2.91 bits per heavy atom. The predicted molar refractivity (Wildman–Crippen MR) is 81.3 cm³/mol. The largest absolute Gasteiger partial charge is 0.465 e. The van der Waals surface area contributed by atoms with Gasteiger partial charge in [0, 0.05) is 26.1 Å². The Kier molecular flexibility index (Phi) is 5.54. The van der Waals surface area contributed by atoms with E-state index in [1.54, 1.807) is 4.90 Å².